The van der Waals surface area contributed by atoms with E-state index in [1.54, 1.807) is 0 Å². The van der Waals surface area contributed by atoms with Crippen molar-refractivity contribution in [2.45, 2.75) is 64.2 Å². The predicted octanol–water partition coefficient (Wildman–Crippen LogP) is -1.22. The molecule has 0 bridgehead atoms. The Labute approximate surface area is 132 Å². The van der Waals surface area contributed by atoms with Crippen molar-refractivity contribution in [1.82, 2.24) is 0 Å². The summed E-state index contributed by atoms with van der Waals surface area (Å²) in [5.74, 6) is 0. The molecule has 0 heterocycles. The molecule has 11 heteroatoms. The summed E-state index contributed by atoms with van der Waals surface area (Å²) in [6.07, 6.45) is -4.46. The topological polar surface area (TPSA) is 167 Å². The fourth-order valence-electron chi connectivity index (χ4n) is 1.51. The van der Waals surface area contributed by atoms with E-state index in [1.165, 1.54) is 27.7 Å². The second kappa shape index (κ2) is 11.8. The number of aliphatic hydroxyl groups excluding tert-OH is 4. The SMILES string of the molecule is CC(O)C(C(C)O)[N+](=O)[O-].CC(O)C(C(C)O)[N+](=O)[O-].[Cu]. The quantitative estimate of drug-likeness (QED) is 0.259. The molecule has 0 aliphatic heterocycles. The van der Waals surface area contributed by atoms with Crippen molar-refractivity contribution in [3.8, 4) is 0 Å². The van der Waals surface area contributed by atoms with E-state index >= 15 is 0 Å². The van der Waals surface area contributed by atoms with Gasteiger partial charge in [0, 0.05) is 26.9 Å². The molecule has 0 amide bonds. The van der Waals surface area contributed by atoms with Crippen molar-refractivity contribution in [2.24, 2.45) is 0 Å². The van der Waals surface area contributed by atoms with Gasteiger partial charge < -0.3 is 20.4 Å². The van der Waals surface area contributed by atoms with Gasteiger partial charge in [0.15, 0.2) is 0 Å². The Morgan fingerprint density at radius 2 is 0.810 bits per heavy atom. The minimum absolute atomic E-state index is 0. The fourth-order valence-corrected chi connectivity index (χ4v) is 1.51. The fraction of sp³-hybridized carbons (Fsp3) is 1.00. The van der Waals surface area contributed by atoms with E-state index in [0.717, 1.165) is 0 Å². The summed E-state index contributed by atoms with van der Waals surface area (Å²) in [6, 6.07) is -2.56. The average Bonchev–Trinajstić information content (AvgIpc) is 2.12. The second-order valence-corrected chi connectivity index (χ2v) is 4.51. The summed E-state index contributed by atoms with van der Waals surface area (Å²) in [5.41, 5.74) is 0. The number of hydrogen-bond donors (Lipinski definition) is 4. The normalized spacial score (nSPS) is 18.7. The summed E-state index contributed by atoms with van der Waals surface area (Å²) in [7, 11) is 0. The predicted molar refractivity (Wildman–Crippen MR) is 68.3 cm³/mol. The van der Waals surface area contributed by atoms with E-state index < -0.39 is 46.3 Å². The van der Waals surface area contributed by atoms with E-state index in [9.17, 15) is 20.2 Å². The van der Waals surface area contributed by atoms with Gasteiger partial charge in [0.05, 0.1) is 0 Å². The molecule has 0 aromatic rings. The van der Waals surface area contributed by atoms with Crippen LogP contribution in [0.4, 0.5) is 0 Å². The first kappa shape index (κ1) is 25.1. The minimum Gasteiger partial charge on any atom is -0.386 e. The number of aliphatic hydroxyl groups is 4. The average molecular weight is 362 g/mol. The van der Waals surface area contributed by atoms with Gasteiger partial charge in [0.2, 0.25) is 0 Å². The van der Waals surface area contributed by atoms with E-state index in [1.807, 2.05) is 0 Å². The molecule has 4 N–H and O–H groups in total. The first-order valence-corrected chi connectivity index (χ1v) is 5.92. The minimum atomic E-state index is -1.28. The summed E-state index contributed by atoms with van der Waals surface area (Å²) < 4.78 is 0. The summed E-state index contributed by atoms with van der Waals surface area (Å²) in [6.45, 7) is 5.11. The Morgan fingerprint density at radius 1 is 0.667 bits per heavy atom. The van der Waals surface area contributed by atoms with Crippen molar-refractivity contribution in [3.05, 3.63) is 20.2 Å². The van der Waals surface area contributed by atoms with Gasteiger partial charge >= 0.3 is 0 Å². The monoisotopic (exact) mass is 361 g/mol. The Kier molecular flexibility index (Phi) is 14.1. The largest absolute Gasteiger partial charge is 0.386 e. The molecular weight excluding hydrogens is 340 g/mol. The van der Waals surface area contributed by atoms with Gasteiger partial charge in [-0.05, 0) is 27.7 Å². The van der Waals surface area contributed by atoms with Crippen LogP contribution in [0.2, 0.25) is 0 Å². The van der Waals surface area contributed by atoms with Crippen LogP contribution in [-0.2, 0) is 17.1 Å². The van der Waals surface area contributed by atoms with Crippen molar-refractivity contribution < 1.29 is 47.3 Å². The molecule has 0 saturated heterocycles. The number of nitro groups is 2. The van der Waals surface area contributed by atoms with Crippen molar-refractivity contribution in [2.75, 3.05) is 0 Å². The Hall–Kier alpha value is -0.841. The van der Waals surface area contributed by atoms with Crippen LogP contribution < -0.4 is 0 Å². The van der Waals surface area contributed by atoms with E-state index in [-0.39, 0.29) is 17.1 Å². The second-order valence-electron chi connectivity index (χ2n) is 4.51. The number of nitrogens with zero attached hydrogens (tertiary/aromatic N) is 2. The molecule has 131 valence electrons. The number of hydrogen-bond acceptors (Lipinski definition) is 8. The third kappa shape index (κ3) is 10.5. The van der Waals surface area contributed by atoms with Crippen LogP contribution in [0.25, 0.3) is 0 Å². The van der Waals surface area contributed by atoms with Gasteiger partial charge in [-0.2, -0.15) is 0 Å². The van der Waals surface area contributed by atoms with Gasteiger partial charge in [0.25, 0.3) is 12.1 Å². The molecule has 0 aromatic carbocycles. The zero-order chi connectivity index (χ0) is 16.6. The number of rotatable bonds is 6. The van der Waals surface area contributed by atoms with Gasteiger partial charge in [0.1, 0.15) is 24.4 Å². The molecule has 10 nitrogen and oxygen atoms in total. The first-order valence-electron chi connectivity index (χ1n) is 5.92. The molecule has 0 aliphatic rings. The standard InChI is InChI=1S/2C5H11NO4.Cu/c2*1-3(7)5(4(2)8)6(9)10;/h2*3-5,7-8H,1-2H3;. The molecule has 21 heavy (non-hydrogen) atoms. The summed E-state index contributed by atoms with van der Waals surface area (Å²) >= 11 is 0. The third-order valence-corrected chi connectivity index (χ3v) is 2.46. The van der Waals surface area contributed by atoms with Gasteiger partial charge in [-0.15, -0.1) is 0 Å². The molecule has 1 radical (unpaired) electrons. The molecule has 4 atom stereocenters. The van der Waals surface area contributed by atoms with Crippen LogP contribution in [0.5, 0.6) is 0 Å². The first-order chi connectivity index (χ1) is 8.93. The van der Waals surface area contributed by atoms with Crippen LogP contribution in [0.1, 0.15) is 27.7 Å². The molecule has 0 rings (SSSR count). The van der Waals surface area contributed by atoms with Crippen LogP contribution >= 0.6 is 0 Å². The Morgan fingerprint density at radius 3 is 0.810 bits per heavy atom. The maximum absolute atomic E-state index is 10.1. The van der Waals surface area contributed by atoms with Gasteiger partial charge in [-0.1, -0.05) is 0 Å². The molecule has 0 aromatic heterocycles. The van der Waals surface area contributed by atoms with Gasteiger partial charge in [-0.3, -0.25) is 20.2 Å². The van der Waals surface area contributed by atoms with E-state index in [0.29, 0.717) is 0 Å². The van der Waals surface area contributed by atoms with Crippen molar-refractivity contribution in [1.29, 1.82) is 0 Å². The molecule has 4 unspecified atom stereocenters. The van der Waals surface area contributed by atoms with Crippen LogP contribution in [0, 0.1) is 20.2 Å². The molecule has 0 spiro atoms. The van der Waals surface area contributed by atoms with Gasteiger partial charge in [-0.25, -0.2) is 0 Å². The zero-order valence-electron chi connectivity index (χ0n) is 12.1. The van der Waals surface area contributed by atoms with E-state index in [2.05, 4.69) is 0 Å². The molecule has 0 saturated carbocycles. The van der Waals surface area contributed by atoms with Crippen molar-refractivity contribution >= 4 is 0 Å². The van der Waals surface area contributed by atoms with Crippen LogP contribution in [-0.4, -0.2) is 66.8 Å². The van der Waals surface area contributed by atoms with Crippen LogP contribution in [0.15, 0.2) is 0 Å². The zero-order valence-corrected chi connectivity index (χ0v) is 13.0. The van der Waals surface area contributed by atoms with Crippen molar-refractivity contribution in [3.63, 3.8) is 0 Å². The Bertz CT molecular complexity index is 265. The summed E-state index contributed by atoms with van der Waals surface area (Å²) in [4.78, 5) is 18.8. The maximum Gasteiger partial charge on any atom is 0.263 e. The van der Waals surface area contributed by atoms with Crippen LogP contribution in [0.3, 0.4) is 0 Å². The third-order valence-electron chi connectivity index (χ3n) is 2.46. The molecular formula is C10H22CuN2O8. The Balaban J connectivity index is -0.000000295. The maximum atomic E-state index is 10.1. The summed E-state index contributed by atoms with van der Waals surface area (Å²) in [5, 5.41) is 55.1. The van der Waals surface area contributed by atoms with E-state index in [4.69, 9.17) is 20.4 Å². The molecule has 0 fully saturated rings. The smallest absolute Gasteiger partial charge is 0.263 e. The molecule has 0 aliphatic carbocycles.